The molecule has 23 heavy (non-hydrogen) atoms. The molecule has 4 rings (SSSR count). The van der Waals surface area contributed by atoms with Gasteiger partial charge in [0.1, 0.15) is 5.75 Å². The molecule has 0 bridgehead atoms. The molecule has 4 unspecified atom stereocenters. The normalized spacial score (nSPS) is 38.8. The van der Waals surface area contributed by atoms with E-state index in [2.05, 4.69) is 6.92 Å². The summed E-state index contributed by atoms with van der Waals surface area (Å²) < 4.78 is 0. The molecule has 0 aromatic heterocycles. The highest BCUT2D eigenvalue weighted by Gasteiger charge is 2.55. The summed E-state index contributed by atoms with van der Waals surface area (Å²) in [6, 6.07) is 5.36. The second kappa shape index (κ2) is 5.34. The van der Waals surface area contributed by atoms with Crippen LogP contribution in [-0.4, -0.2) is 22.6 Å². The van der Waals surface area contributed by atoms with Crippen LogP contribution < -0.4 is 0 Å². The van der Waals surface area contributed by atoms with Gasteiger partial charge in [-0.3, -0.25) is 4.79 Å². The van der Waals surface area contributed by atoms with Gasteiger partial charge in [0.2, 0.25) is 0 Å². The van der Waals surface area contributed by atoms with Crippen molar-refractivity contribution in [2.45, 2.75) is 51.4 Å². The fraction of sp³-hybridized carbons (Fsp3) is 0.650. The number of carbonyl (C=O) groups is 1. The number of ketones is 1. The molecule has 124 valence electrons. The molecule has 5 atom stereocenters. The van der Waals surface area contributed by atoms with Gasteiger partial charge in [0.15, 0.2) is 5.78 Å². The number of aromatic hydroxyl groups is 1. The number of aliphatic hydroxyl groups is 1. The van der Waals surface area contributed by atoms with Gasteiger partial charge in [-0.2, -0.15) is 0 Å². The molecule has 2 N–H and O–H groups in total. The third-order valence-electron chi connectivity index (χ3n) is 7.27. The van der Waals surface area contributed by atoms with E-state index in [4.69, 9.17) is 0 Å². The zero-order valence-electron chi connectivity index (χ0n) is 13.8. The molecule has 0 radical (unpaired) electrons. The van der Waals surface area contributed by atoms with E-state index >= 15 is 0 Å². The molecule has 2 fully saturated rings. The molecule has 3 nitrogen and oxygen atoms in total. The zero-order chi connectivity index (χ0) is 16.2. The molecule has 3 aliphatic rings. The highest BCUT2D eigenvalue weighted by molar-refractivity contribution is 5.99. The zero-order valence-corrected chi connectivity index (χ0v) is 13.8. The van der Waals surface area contributed by atoms with Gasteiger partial charge in [0.05, 0.1) is 0 Å². The van der Waals surface area contributed by atoms with E-state index in [0.29, 0.717) is 35.5 Å². The third kappa shape index (κ3) is 2.16. The van der Waals surface area contributed by atoms with Crippen LogP contribution in [0.25, 0.3) is 0 Å². The van der Waals surface area contributed by atoms with Gasteiger partial charge < -0.3 is 10.2 Å². The molecule has 1 aromatic carbocycles. The summed E-state index contributed by atoms with van der Waals surface area (Å²) in [6.07, 6.45) is 6.25. The lowest BCUT2D eigenvalue weighted by Gasteiger charge is -2.50. The van der Waals surface area contributed by atoms with E-state index in [0.717, 1.165) is 24.0 Å². The molecule has 2 saturated carbocycles. The summed E-state index contributed by atoms with van der Waals surface area (Å²) >= 11 is 0. The maximum absolute atomic E-state index is 12.6. The van der Waals surface area contributed by atoms with Crippen molar-refractivity contribution >= 4 is 5.78 Å². The van der Waals surface area contributed by atoms with Gasteiger partial charge >= 0.3 is 0 Å². The van der Waals surface area contributed by atoms with Crippen molar-refractivity contribution < 1.29 is 15.0 Å². The Hall–Kier alpha value is -1.35. The number of fused-ring (bicyclic) bond motifs is 5. The van der Waals surface area contributed by atoms with Crippen LogP contribution in [0.1, 0.15) is 67.3 Å². The Morgan fingerprint density at radius 2 is 2.09 bits per heavy atom. The van der Waals surface area contributed by atoms with E-state index in [1.807, 2.05) is 6.07 Å². The lowest BCUT2D eigenvalue weighted by atomic mass is 9.54. The number of hydrogen-bond donors (Lipinski definition) is 2. The average molecular weight is 314 g/mol. The number of hydrogen-bond acceptors (Lipinski definition) is 3. The molecule has 0 saturated heterocycles. The van der Waals surface area contributed by atoms with Crippen LogP contribution >= 0.6 is 0 Å². The number of phenols is 1. The van der Waals surface area contributed by atoms with Crippen LogP contribution in [0.15, 0.2) is 18.2 Å². The Balaban J connectivity index is 1.70. The summed E-state index contributed by atoms with van der Waals surface area (Å²) in [5.41, 5.74) is 2.20. The van der Waals surface area contributed by atoms with Gasteiger partial charge in [-0.1, -0.05) is 13.0 Å². The lowest BCUT2D eigenvalue weighted by Crippen LogP contribution is -2.43. The second-order valence-electron chi connectivity index (χ2n) is 8.11. The predicted molar refractivity (Wildman–Crippen MR) is 88.5 cm³/mol. The summed E-state index contributed by atoms with van der Waals surface area (Å²) in [5, 5.41) is 19.1. The fourth-order valence-electron chi connectivity index (χ4n) is 6.13. The van der Waals surface area contributed by atoms with Crippen LogP contribution in [0.3, 0.4) is 0 Å². The highest BCUT2D eigenvalue weighted by Crippen LogP contribution is 2.63. The Kier molecular flexibility index (Phi) is 3.53. The molecule has 0 spiro atoms. The lowest BCUT2D eigenvalue weighted by molar-refractivity contribution is 0.0212. The summed E-state index contributed by atoms with van der Waals surface area (Å²) in [5.74, 6) is 2.52. The van der Waals surface area contributed by atoms with Crippen molar-refractivity contribution in [2.24, 2.45) is 23.2 Å². The third-order valence-corrected chi connectivity index (χ3v) is 7.27. The first-order chi connectivity index (χ1) is 11.0. The average Bonchev–Trinajstić information content (AvgIpc) is 2.85. The quantitative estimate of drug-likeness (QED) is 0.871. The first-order valence-electron chi connectivity index (χ1n) is 9.01. The largest absolute Gasteiger partial charge is 0.508 e. The number of phenolic OH excluding ortho intramolecular Hbond substituents is 1. The molecule has 3 heteroatoms. The van der Waals surface area contributed by atoms with Crippen LogP contribution in [0, 0.1) is 23.2 Å². The highest BCUT2D eigenvalue weighted by atomic mass is 16.3. The summed E-state index contributed by atoms with van der Waals surface area (Å²) in [6.45, 7) is 2.68. The van der Waals surface area contributed by atoms with E-state index in [1.54, 1.807) is 12.1 Å². The van der Waals surface area contributed by atoms with Gasteiger partial charge in [0.25, 0.3) is 0 Å². The fourth-order valence-corrected chi connectivity index (χ4v) is 6.13. The van der Waals surface area contributed by atoms with Gasteiger partial charge in [-0.05, 0) is 78.9 Å². The van der Waals surface area contributed by atoms with E-state index in [9.17, 15) is 15.0 Å². The predicted octanol–water partition coefficient (Wildman–Crippen LogP) is 3.89. The minimum absolute atomic E-state index is 0.195. The molecular formula is C20H26O3. The van der Waals surface area contributed by atoms with Gasteiger partial charge in [-0.25, -0.2) is 0 Å². The summed E-state index contributed by atoms with van der Waals surface area (Å²) in [4.78, 5) is 12.6. The van der Waals surface area contributed by atoms with Crippen molar-refractivity contribution in [3.8, 4) is 5.75 Å². The van der Waals surface area contributed by atoms with Crippen molar-refractivity contribution in [2.75, 3.05) is 6.61 Å². The van der Waals surface area contributed by atoms with Crippen LogP contribution in [-0.2, 0) is 0 Å². The molecule has 0 aliphatic heterocycles. The number of rotatable bonds is 2. The molecule has 1 aromatic rings. The first kappa shape index (κ1) is 15.2. The van der Waals surface area contributed by atoms with Crippen molar-refractivity contribution in [1.82, 2.24) is 0 Å². The Morgan fingerprint density at radius 1 is 1.26 bits per heavy atom. The van der Waals surface area contributed by atoms with Crippen LogP contribution in [0.4, 0.5) is 0 Å². The summed E-state index contributed by atoms with van der Waals surface area (Å²) in [7, 11) is 0. The van der Waals surface area contributed by atoms with Crippen molar-refractivity contribution in [3.63, 3.8) is 0 Å². The first-order valence-corrected chi connectivity index (χ1v) is 9.01. The molecule has 3 aliphatic carbocycles. The molecular weight excluding hydrogens is 288 g/mol. The Bertz CT molecular complexity index is 638. The number of benzene rings is 1. The van der Waals surface area contributed by atoms with E-state index < -0.39 is 0 Å². The smallest absolute Gasteiger partial charge is 0.163 e. The van der Waals surface area contributed by atoms with Crippen molar-refractivity contribution in [1.29, 1.82) is 0 Å². The van der Waals surface area contributed by atoms with E-state index in [-0.39, 0.29) is 18.1 Å². The number of aliphatic hydroxyl groups excluding tert-OH is 1. The minimum atomic E-state index is 0.195. The SMILES string of the molecule is CC12CCC3c4ccc(O)cc4C(=O)CC3C1CC[C@@H]2CCO. The molecule has 0 heterocycles. The van der Waals surface area contributed by atoms with Gasteiger partial charge in [-0.15, -0.1) is 0 Å². The van der Waals surface area contributed by atoms with Crippen molar-refractivity contribution in [3.05, 3.63) is 29.3 Å². The van der Waals surface area contributed by atoms with Gasteiger partial charge in [0, 0.05) is 18.6 Å². The maximum Gasteiger partial charge on any atom is 0.163 e. The standard InChI is InChI=1S/C20H26O3/c1-20-8-6-15-14-4-3-13(22)10-17(14)19(23)11-16(15)18(20)5-2-12(20)7-9-21/h3-4,10,12,15-16,18,21-22H,2,5-9,11H2,1H3/t12-,15?,16?,18?,20?/m1/s1. The topological polar surface area (TPSA) is 57.5 Å². The maximum atomic E-state index is 12.6. The Morgan fingerprint density at radius 3 is 2.87 bits per heavy atom. The Labute approximate surface area is 137 Å². The monoisotopic (exact) mass is 314 g/mol. The van der Waals surface area contributed by atoms with Crippen LogP contribution in [0.2, 0.25) is 0 Å². The number of Topliss-reactive ketones (excluding diaryl/α,β-unsaturated/α-hetero) is 1. The molecule has 0 amide bonds. The van der Waals surface area contributed by atoms with E-state index in [1.165, 1.54) is 19.3 Å². The van der Waals surface area contributed by atoms with Crippen LogP contribution in [0.5, 0.6) is 5.75 Å². The minimum Gasteiger partial charge on any atom is -0.508 e. The number of carbonyl (C=O) groups excluding carboxylic acids is 1. The second-order valence-corrected chi connectivity index (χ2v) is 8.11.